The zero-order valence-electron chi connectivity index (χ0n) is 33.0. The van der Waals surface area contributed by atoms with Crippen LogP contribution in [0.4, 0.5) is 4.79 Å². The van der Waals surface area contributed by atoms with E-state index in [2.05, 4.69) is 42.5 Å². The highest BCUT2D eigenvalue weighted by Gasteiger charge is 2.42. The van der Waals surface area contributed by atoms with Gasteiger partial charge < -0.3 is 53.4 Å². The van der Waals surface area contributed by atoms with Crippen molar-refractivity contribution >= 4 is 71.0 Å². The van der Waals surface area contributed by atoms with Crippen molar-refractivity contribution in [3.8, 4) is 0 Å². The minimum atomic E-state index is -1.66. The second-order valence-electron chi connectivity index (χ2n) is 14.7. The number of unbranched alkanes of at least 4 members (excludes halogenated alkanes) is 2. The van der Waals surface area contributed by atoms with Gasteiger partial charge in [0.1, 0.15) is 18.1 Å². The first-order valence-corrected chi connectivity index (χ1v) is 20.3. The van der Waals surface area contributed by atoms with Gasteiger partial charge in [-0.3, -0.25) is 48.4 Å². The summed E-state index contributed by atoms with van der Waals surface area (Å²) in [6.45, 7) is 3.94. The van der Waals surface area contributed by atoms with E-state index in [9.17, 15) is 53.1 Å². The lowest BCUT2D eigenvalue weighted by Crippen LogP contribution is -2.55. The topological polar surface area (TPSA) is 345 Å². The van der Waals surface area contributed by atoms with E-state index in [4.69, 9.17) is 10.9 Å². The molecule has 0 aromatic rings. The van der Waals surface area contributed by atoms with Crippen molar-refractivity contribution in [2.24, 2.45) is 17.6 Å². The molecule has 2 heterocycles. The van der Waals surface area contributed by atoms with Gasteiger partial charge in [-0.05, 0) is 51.4 Å². The molecule has 2 aliphatic rings. The third-order valence-corrected chi connectivity index (χ3v) is 10.8. The number of hydrogen-bond donors (Lipinski definition) is 12. The Morgan fingerprint density at radius 1 is 0.776 bits per heavy atom. The molecule has 7 atom stereocenters. The van der Waals surface area contributed by atoms with Crippen LogP contribution in [0.3, 0.4) is 0 Å². The molecule has 326 valence electrons. The number of aliphatic carboxylic acids is 1. The molecule has 2 saturated heterocycles. The highest BCUT2D eigenvalue weighted by atomic mass is 32.2. The van der Waals surface area contributed by atoms with E-state index in [-0.39, 0.29) is 49.2 Å². The lowest BCUT2D eigenvalue weighted by molar-refractivity contribution is -0.141. The van der Waals surface area contributed by atoms with Crippen molar-refractivity contribution in [2.75, 3.05) is 25.4 Å². The average Bonchev–Trinajstić information content (AvgIpc) is 3.71. The van der Waals surface area contributed by atoms with Crippen molar-refractivity contribution in [1.82, 2.24) is 48.0 Å². The molecule has 0 radical (unpaired) electrons. The Bertz CT molecular complexity index is 1500. The number of hydroxylamine groups is 1. The van der Waals surface area contributed by atoms with Gasteiger partial charge in [-0.1, -0.05) is 20.3 Å². The average molecular weight is 843 g/mol. The van der Waals surface area contributed by atoms with Crippen LogP contribution in [0, 0.1) is 11.8 Å². The number of thioether (sulfide) groups is 1. The van der Waals surface area contributed by atoms with E-state index in [1.165, 1.54) is 12.4 Å². The second kappa shape index (κ2) is 25.2. The molecular weight excluding hydrogens is 785 g/mol. The van der Waals surface area contributed by atoms with Crippen molar-refractivity contribution in [3.05, 3.63) is 0 Å². The molecule has 2 fully saturated rings. The van der Waals surface area contributed by atoms with Gasteiger partial charge in [0.2, 0.25) is 47.3 Å². The summed E-state index contributed by atoms with van der Waals surface area (Å²) < 4.78 is 0. The third-order valence-electron chi connectivity index (χ3n) is 9.32. The Morgan fingerprint density at radius 3 is 2.14 bits per heavy atom. The molecule has 0 aromatic carbocycles. The van der Waals surface area contributed by atoms with Gasteiger partial charge in [0.05, 0.1) is 31.6 Å². The van der Waals surface area contributed by atoms with Gasteiger partial charge in [-0.15, -0.1) is 0 Å². The summed E-state index contributed by atoms with van der Waals surface area (Å²) in [5.74, 6) is -7.48. The molecule has 0 aromatic heterocycles. The number of urea groups is 1. The Hall–Kier alpha value is -5.19. The zero-order chi connectivity index (χ0) is 43.4. The molecule has 23 heteroatoms. The van der Waals surface area contributed by atoms with Crippen LogP contribution < -0.4 is 53.7 Å². The molecule has 1 unspecified atom stereocenters. The summed E-state index contributed by atoms with van der Waals surface area (Å²) in [5, 5.41) is 38.6. The molecule has 0 saturated carbocycles. The van der Waals surface area contributed by atoms with E-state index in [0.717, 1.165) is 18.6 Å². The summed E-state index contributed by atoms with van der Waals surface area (Å²) >= 11 is 1.82. The number of carbonyl (C=O) groups is 10. The lowest BCUT2D eigenvalue weighted by atomic mass is 9.93. The van der Waals surface area contributed by atoms with Crippen LogP contribution in [0.25, 0.3) is 0 Å². The quantitative estimate of drug-likeness (QED) is 0.0173. The van der Waals surface area contributed by atoms with Crippen LogP contribution in [0.2, 0.25) is 0 Å². The number of nitrogens with one attached hydrogen (secondary N) is 9. The number of nitrogens with two attached hydrogens (primary N) is 1. The summed E-state index contributed by atoms with van der Waals surface area (Å²) in [6.07, 6.45) is 2.97. The lowest BCUT2D eigenvalue weighted by Gasteiger charge is -2.23. The number of carboxylic acid groups (broad SMARTS) is 1. The molecule has 2 aliphatic heterocycles. The number of amides is 10. The second-order valence-corrected chi connectivity index (χ2v) is 16.0. The number of carbonyl (C=O) groups excluding carboxylic acids is 9. The molecule has 10 amide bonds. The van der Waals surface area contributed by atoms with Gasteiger partial charge in [0.25, 0.3) is 0 Å². The normalized spacial score (nSPS) is 18.8. The monoisotopic (exact) mass is 842 g/mol. The van der Waals surface area contributed by atoms with Crippen LogP contribution in [-0.2, 0) is 43.2 Å². The van der Waals surface area contributed by atoms with Crippen LogP contribution in [0.15, 0.2) is 0 Å². The third kappa shape index (κ3) is 18.4. The predicted molar refractivity (Wildman–Crippen MR) is 207 cm³/mol. The van der Waals surface area contributed by atoms with Gasteiger partial charge >= 0.3 is 12.0 Å². The van der Waals surface area contributed by atoms with Crippen molar-refractivity contribution in [2.45, 2.75) is 120 Å². The number of hydrogen-bond acceptors (Lipinski definition) is 12. The number of primary amides is 1. The minimum Gasteiger partial charge on any atom is -0.481 e. The Kier molecular flexibility index (Phi) is 21.3. The summed E-state index contributed by atoms with van der Waals surface area (Å²) in [5.41, 5.74) is 6.87. The zero-order valence-corrected chi connectivity index (χ0v) is 33.8. The molecular formula is C35H58N10O12S. The SMILES string of the molecule is CC(C)CC(CC(=O)NO)C(=O)N[C@@H](C)C(=O)N[C@@H](CC(=O)O)C(=O)NCC(=O)NCC(=O)N[C@@H](CCCCNC(=O)CCCC[C@@H]1SC[C@@H]2NC(=O)N[C@@H]21)C(N)=O. The first-order valence-electron chi connectivity index (χ1n) is 19.2. The first kappa shape index (κ1) is 49.0. The largest absolute Gasteiger partial charge is 0.481 e. The van der Waals surface area contributed by atoms with E-state index < -0.39 is 90.9 Å². The molecule has 22 nitrogen and oxygen atoms in total. The summed E-state index contributed by atoms with van der Waals surface area (Å²) in [6, 6.07) is -3.83. The number of fused-ring (bicyclic) bond motifs is 1. The fraction of sp³-hybridized carbons (Fsp3) is 0.714. The van der Waals surface area contributed by atoms with E-state index in [1.54, 1.807) is 13.8 Å². The molecule has 13 N–H and O–H groups in total. The van der Waals surface area contributed by atoms with Gasteiger partial charge in [0, 0.05) is 36.3 Å². The molecule has 0 aliphatic carbocycles. The summed E-state index contributed by atoms with van der Waals surface area (Å²) in [4.78, 5) is 122. The Labute approximate surface area is 340 Å². The maximum atomic E-state index is 12.8. The van der Waals surface area contributed by atoms with Gasteiger partial charge in [-0.2, -0.15) is 11.8 Å². The predicted octanol–water partition coefficient (Wildman–Crippen LogP) is -2.78. The highest BCUT2D eigenvalue weighted by molar-refractivity contribution is 8.00. The number of rotatable bonds is 27. The maximum absolute atomic E-state index is 12.8. The smallest absolute Gasteiger partial charge is 0.315 e. The van der Waals surface area contributed by atoms with Crippen LogP contribution in [0.1, 0.15) is 85.0 Å². The van der Waals surface area contributed by atoms with Crippen molar-refractivity contribution in [3.63, 3.8) is 0 Å². The summed E-state index contributed by atoms with van der Waals surface area (Å²) in [7, 11) is 0. The fourth-order valence-electron chi connectivity index (χ4n) is 6.33. The number of carboxylic acids is 1. The van der Waals surface area contributed by atoms with Gasteiger partial charge in [-0.25, -0.2) is 10.3 Å². The Balaban J connectivity index is 1.68. The minimum absolute atomic E-state index is 0.0163. The van der Waals surface area contributed by atoms with Crippen LogP contribution in [0.5, 0.6) is 0 Å². The van der Waals surface area contributed by atoms with E-state index >= 15 is 0 Å². The Morgan fingerprint density at radius 2 is 1.48 bits per heavy atom. The first-order chi connectivity index (χ1) is 27.4. The van der Waals surface area contributed by atoms with Gasteiger partial charge in [0.15, 0.2) is 0 Å². The van der Waals surface area contributed by atoms with Crippen LogP contribution >= 0.6 is 11.8 Å². The van der Waals surface area contributed by atoms with Crippen molar-refractivity contribution in [1.29, 1.82) is 0 Å². The fourth-order valence-corrected chi connectivity index (χ4v) is 7.87. The van der Waals surface area contributed by atoms with E-state index in [1.807, 2.05) is 11.8 Å². The molecule has 0 bridgehead atoms. The molecule has 0 spiro atoms. The maximum Gasteiger partial charge on any atom is 0.315 e. The standard InChI is InChI=1S/C35H58N10O12S/c1-18(2)12-20(13-26(47)45-57)33(54)40-19(3)32(53)42-22(14-29(50)51)34(55)39-15-27(48)38-16-28(49)41-21(31(36)52)8-6-7-11-37-25(46)10-5-4-9-24-30-23(17-58-24)43-35(56)44-30/h18-24,30,57H,4-17H2,1-3H3,(H2,36,52)(H,37,46)(H,38,48)(H,39,55)(H,40,54)(H,41,49)(H,42,53)(H,45,47)(H,50,51)(H2,43,44,56)/t19-,20?,21-,22-,23-,24-,30-/m0/s1. The van der Waals surface area contributed by atoms with E-state index in [0.29, 0.717) is 37.5 Å². The molecule has 2 rings (SSSR count). The molecule has 58 heavy (non-hydrogen) atoms. The van der Waals surface area contributed by atoms with Crippen molar-refractivity contribution < 1.29 is 58.3 Å². The van der Waals surface area contributed by atoms with Crippen LogP contribution in [-0.4, -0.2) is 130 Å². The highest BCUT2D eigenvalue weighted by Crippen LogP contribution is 2.33.